The molecule has 1 aromatic heterocycles. The molecule has 0 fully saturated rings. The van der Waals surface area contributed by atoms with Crippen LogP contribution in [0.25, 0.3) is 5.69 Å². The van der Waals surface area contributed by atoms with Gasteiger partial charge in [0.25, 0.3) is 0 Å². The van der Waals surface area contributed by atoms with Crippen LogP contribution in [0.3, 0.4) is 0 Å². The largest absolute Gasteiger partial charge is 0.350 e. The van der Waals surface area contributed by atoms with E-state index in [0.717, 1.165) is 12.1 Å². The maximum Gasteiger partial charge on any atom is 0.233 e. The normalized spacial score (nSPS) is 12.9. The minimum absolute atomic E-state index is 0.0144. The van der Waals surface area contributed by atoms with Crippen LogP contribution in [0.1, 0.15) is 34.1 Å². The number of carbonyl (C=O) groups is 1. The molecule has 1 atom stereocenters. The van der Waals surface area contributed by atoms with E-state index in [4.69, 9.17) is 0 Å². The molecular weight excluding hydrogens is 298 g/mol. The smallest absolute Gasteiger partial charge is 0.233 e. The molecule has 22 heavy (non-hydrogen) atoms. The Kier molecular flexibility index (Phi) is 5.18. The van der Waals surface area contributed by atoms with Crippen molar-refractivity contribution in [1.29, 1.82) is 0 Å². The summed E-state index contributed by atoms with van der Waals surface area (Å²) in [5.74, 6) is -0.0144. The number of hydrogen-bond donors (Lipinski definition) is 1. The molecule has 1 unspecified atom stereocenters. The van der Waals surface area contributed by atoms with Gasteiger partial charge in [0, 0.05) is 5.54 Å². The van der Waals surface area contributed by atoms with Gasteiger partial charge in [-0.2, -0.15) is 4.68 Å². The predicted octanol–water partition coefficient (Wildman–Crippen LogP) is 2.45. The third-order valence-corrected chi connectivity index (χ3v) is 4.47. The highest BCUT2D eigenvalue weighted by atomic mass is 32.2. The van der Waals surface area contributed by atoms with E-state index in [-0.39, 0.29) is 16.7 Å². The van der Waals surface area contributed by atoms with Crippen LogP contribution < -0.4 is 5.32 Å². The van der Waals surface area contributed by atoms with Crippen LogP contribution in [0.5, 0.6) is 0 Å². The number of carbonyl (C=O) groups excluding carboxylic acids is 1. The minimum Gasteiger partial charge on any atom is -0.350 e. The Morgan fingerprint density at radius 1 is 1.36 bits per heavy atom. The summed E-state index contributed by atoms with van der Waals surface area (Å²) < 4.78 is 1.64. The van der Waals surface area contributed by atoms with Crippen LogP contribution in [-0.2, 0) is 4.79 Å². The van der Waals surface area contributed by atoms with Gasteiger partial charge >= 0.3 is 0 Å². The number of amides is 1. The number of rotatable bonds is 6. The summed E-state index contributed by atoms with van der Waals surface area (Å²) >= 11 is 1.35. The van der Waals surface area contributed by atoms with E-state index < -0.39 is 0 Å². The summed E-state index contributed by atoms with van der Waals surface area (Å²) in [6, 6.07) is 9.62. The van der Waals surface area contributed by atoms with Gasteiger partial charge in [-0.25, -0.2) is 0 Å². The van der Waals surface area contributed by atoms with Gasteiger partial charge in [0.1, 0.15) is 0 Å². The second kappa shape index (κ2) is 6.91. The second-order valence-electron chi connectivity index (χ2n) is 5.70. The fourth-order valence-corrected chi connectivity index (χ4v) is 2.53. The molecular formula is C15H21N5OS. The Balaban J connectivity index is 2.09. The van der Waals surface area contributed by atoms with E-state index >= 15 is 0 Å². The van der Waals surface area contributed by atoms with Crippen molar-refractivity contribution < 1.29 is 4.79 Å². The lowest BCUT2D eigenvalue weighted by Gasteiger charge is -2.26. The fourth-order valence-electron chi connectivity index (χ4n) is 1.72. The number of nitrogens with one attached hydrogen (secondary N) is 1. The van der Waals surface area contributed by atoms with Crippen LogP contribution in [0.15, 0.2) is 35.5 Å². The van der Waals surface area contributed by atoms with Crippen molar-refractivity contribution in [2.45, 2.75) is 50.1 Å². The average Bonchev–Trinajstić information content (AvgIpc) is 2.95. The quantitative estimate of drug-likeness (QED) is 0.828. The lowest BCUT2D eigenvalue weighted by Crippen LogP contribution is -2.46. The number of benzene rings is 1. The highest BCUT2D eigenvalue weighted by molar-refractivity contribution is 8.00. The molecule has 0 radical (unpaired) electrons. The molecule has 1 heterocycles. The average molecular weight is 319 g/mol. The van der Waals surface area contributed by atoms with Gasteiger partial charge in [-0.1, -0.05) is 36.9 Å². The van der Waals surface area contributed by atoms with E-state index in [9.17, 15) is 4.79 Å². The first-order valence-electron chi connectivity index (χ1n) is 7.25. The van der Waals surface area contributed by atoms with E-state index in [1.165, 1.54) is 11.8 Å². The molecule has 0 bridgehead atoms. The molecule has 2 aromatic rings. The van der Waals surface area contributed by atoms with Crippen molar-refractivity contribution >= 4 is 17.7 Å². The zero-order valence-corrected chi connectivity index (χ0v) is 14.1. The first-order chi connectivity index (χ1) is 10.4. The topological polar surface area (TPSA) is 72.7 Å². The molecule has 0 aliphatic heterocycles. The van der Waals surface area contributed by atoms with Gasteiger partial charge in [0.2, 0.25) is 11.1 Å². The molecule has 2 rings (SSSR count). The monoisotopic (exact) mass is 319 g/mol. The number of para-hydroxylation sites is 1. The van der Waals surface area contributed by atoms with Crippen LogP contribution in [-0.4, -0.2) is 36.9 Å². The van der Waals surface area contributed by atoms with E-state index in [0.29, 0.717) is 5.16 Å². The standard InChI is InChI=1S/C15H21N5OS/c1-5-15(3,4)16-13(21)11(2)22-14-17-18-19-20(14)12-9-7-6-8-10-12/h6-11H,5H2,1-4H3,(H,16,21). The van der Waals surface area contributed by atoms with Crippen molar-refractivity contribution in [1.82, 2.24) is 25.5 Å². The van der Waals surface area contributed by atoms with Crippen molar-refractivity contribution in [3.05, 3.63) is 30.3 Å². The Morgan fingerprint density at radius 3 is 2.68 bits per heavy atom. The number of thioether (sulfide) groups is 1. The van der Waals surface area contributed by atoms with Crippen LogP contribution in [0.2, 0.25) is 0 Å². The Labute approximate surface area is 134 Å². The zero-order chi connectivity index (χ0) is 16.2. The highest BCUT2D eigenvalue weighted by Crippen LogP contribution is 2.23. The summed E-state index contributed by atoms with van der Waals surface area (Å²) in [4.78, 5) is 12.3. The maximum absolute atomic E-state index is 12.3. The lowest BCUT2D eigenvalue weighted by atomic mass is 10.0. The maximum atomic E-state index is 12.3. The van der Waals surface area contributed by atoms with Crippen molar-refractivity contribution in [3.63, 3.8) is 0 Å². The summed E-state index contributed by atoms with van der Waals surface area (Å²) in [7, 11) is 0. The van der Waals surface area contributed by atoms with Gasteiger partial charge in [0.15, 0.2) is 0 Å². The fraction of sp³-hybridized carbons (Fsp3) is 0.467. The zero-order valence-electron chi connectivity index (χ0n) is 13.3. The van der Waals surface area contributed by atoms with Crippen molar-refractivity contribution in [2.75, 3.05) is 0 Å². The van der Waals surface area contributed by atoms with Crippen LogP contribution in [0.4, 0.5) is 0 Å². The highest BCUT2D eigenvalue weighted by Gasteiger charge is 2.24. The second-order valence-corrected chi connectivity index (χ2v) is 7.00. The lowest BCUT2D eigenvalue weighted by molar-refractivity contribution is -0.121. The molecule has 6 nitrogen and oxygen atoms in total. The summed E-state index contributed by atoms with van der Waals surface area (Å²) in [6.07, 6.45) is 0.873. The molecule has 1 N–H and O–H groups in total. The number of hydrogen-bond acceptors (Lipinski definition) is 5. The first-order valence-corrected chi connectivity index (χ1v) is 8.13. The molecule has 7 heteroatoms. The SMILES string of the molecule is CCC(C)(C)NC(=O)C(C)Sc1nnnn1-c1ccccc1. The molecule has 118 valence electrons. The third-order valence-electron chi connectivity index (χ3n) is 3.44. The molecule has 1 aromatic carbocycles. The number of tetrazole rings is 1. The van der Waals surface area contributed by atoms with Gasteiger partial charge in [-0.15, -0.1) is 5.10 Å². The third kappa shape index (κ3) is 4.07. The van der Waals surface area contributed by atoms with Gasteiger partial charge in [-0.05, 0) is 49.8 Å². The summed E-state index contributed by atoms with van der Waals surface area (Å²) in [5.41, 5.74) is 0.661. The first kappa shape index (κ1) is 16.5. The molecule has 0 saturated carbocycles. The molecule has 1 amide bonds. The van der Waals surface area contributed by atoms with Crippen molar-refractivity contribution in [2.24, 2.45) is 0 Å². The summed E-state index contributed by atoms with van der Waals surface area (Å²) in [5, 5.41) is 15.1. The van der Waals surface area contributed by atoms with Crippen molar-refractivity contribution in [3.8, 4) is 5.69 Å². The molecule has 0 spiro atoms. The van der Waals surface area contributed by atoms with Crippen LogP contribution >= 0.6 is 11.8 Å². The van der Waals surface area contributed by atoms with Crippen LogP contribution in [0, 0.1) is 0 Å². The molecule has 0 aliphatic rings. The Hall–Kier alpha value is -1.89. The number of nitrogens with zero attached hydrogens (tertiary/aromatic N) is 4. The Morgan fingerprint density at radius 2 is 2.05 bits per heavy atom. The van der Waals surface area contributed by atoms with Gasteiger partial charge in [-0.3, -0.25) is 4.79 Å². The van der Waals surface area contributed by atoms with E-state index in [1.54, 1.807) is 4.68 Å². The minimum atomic E-state index is -0.278. The predicted molar refractivity (Wildman–Crippen MR) is 87.0 cm³/mol. The van der Waals surface area contributed by atoms with E-state index in [1.807, 2.05) is 58.0 Å². The summed E-state index contributed by atoms with van der Waals surface area (Å²) in [6.45, 7) is 7.93. The number of aromatic nitrogens is 4. The van der Waals surface area contributed by atoms with Gasteiger partial charge < -0.3 is 5.32 Å². The molecule has 0 aliphatic carbocycles. The Bertz CT molecular complexity index is 626. The van der Waals surface area contributed by atoms with E-state index in [2.05, 4.69) is 20.8 Å². The van der Waals surface area contributed by atoms with Gasteiger partial charge in [0.05, 0.1) is 10.9 Å². The molecule has 0 saturated heterocycles.